The molecule has 0 aliphatic carbocycles. The van der Waals surface area contributed by atoms with Crippen LogP contribution in [0.2, 0.25) is 0 Å². The summed E-state index contributed by atoms with van der Waals surface area (Å²) in [4.78, 5) is 14.9. The van der Waals surface area contributed by atoms with Crippen LogP contribution in [0.5, 0.6) is 10.8 Å². The van der Waals surface area contributed by atoms with Gasteiger partial charge in [0, 0.05) is 26.1 Å². The molecule has 0 amide bonds. The Labute approximate surface area is 181 Å². The first-order chi connectivity index (χ1) is 14.6. The Morgan fingerprint density at radius 3 is 2.17 bits per heavy atom. The predicted molar refractivity (Wildman–Crippen MR) is 124 cm³/mol. The molecule has 0 spiro atoms. The van der Waals surface area contributed by atoms with Gasteiger partial charge in [0.1, 0.15) is 5.75 Å². The van der Waals surface area contributed by atoms with Crippen LogP contribution in [0.4, 0.5) is 0 Å². The number of fused-ring (bicyclic) bond motifs is 1. The molecule has 5 aromatic rings. The lowest BCUT2D eigenvalue weighted by Gasteiger charge is -2.07. The highest BCUT2D eigenvalue weighted by molar-refractivity contribution is 7.21. The molecule has 0 fully saturated rings. The van der Waals surface area contributed by atoms with E-state index in [0.717, 1.165) is 31.7 Å². The second-order valence-electron chi connectivity index (χ2n) is 6.90. The fourth-order valence-corrected chi connectivity index (χ4v) is 5.51. The first kappa shape index (κ1) is 18.6. The molecule has 146 valence electrons. The third kappa shape index (κ3) is 3.28. The number of phenolic OH excluding ortho intramolecular Hbond substituents is 1. The summed E-state index contributed by atoms with van der Waals surface area (Å²) in [5, 5.41) is 20.8. The number of carbonyl (C=O) groups excluding carboxylic acids is 1. The quantitative estimate of drug-likeness (QED) is 0.305. The molecule has 0 atom stereocenters. The predicted octanol–water partition coefficient (Wildman–Crippen LogP) is 6.94. The number of hydrogen-bond donors (Lipinski definition) is 2. The van der Waals surface area contributed by atoms with Gasteiger partial charge < -0.3 is 10.2 Å². The maximum atomic E-state index is 13.3. The molecule has 0 saturated carbocycles. The Kier molecular flexibility index (Phi) is 4.62. The molecule has 0 aliphatic rings. The molecule has 5 heteroatoms. The fourth-order valence-electron chi connectivity index (χ4n) is 3.54. The van der Waals surface area contributed by atoms with E-state index < -0.39 is 0 Å². The molecule has 30 heavy (non-hydrogen) atoms. The summed E-state index contributed by atoms with van der Waals surface area (Å²) in [7, 11) is 0. The van der Waals surface area contributed by atoms with E-state index in [1.54, 1.807) is 18.2 Å². The smallest absolute Gasteiger partial charge is 0.203 e. The Bertz CT molecular complexity index is 1360. The second-order valence-corrected chi connectivity index (χ2v) is 9.01. The number of carbonyl (C=O) groups is 1. The minimum Gasteiger partial charge on any atom is -0.508 e. The molecule has 0 radical (unpaired) electrons. The Morgan fingerprint density at radius 2 is 1.47 bits per heavy atom. The monoisotopic (exact) mass is 428 g/mol. The molecule has 3 nitrogen and oxygen atoms in total. The minimum atomic E-state index is -0.0291. The van der Waals surface area contributed by atoms with Crippen LogP contribution in [0.1, 0.15) is 15.2 Å². The molecule has 2 aromatic heterocycles. The normalized spacial score (nSPS) is 11.1. The van der Waals surface area contributed by atoms with Crippen molar-refractivity contribution in [1.82, 2.24) is 0 Å². The van der Waals surface area contributed by atoms with Crippen LogP contribution in [0, 0.1) is 0 Å². The average molecular weight is 429 g/mol. The van der Waals surface area contributed by atoms with Gasteiger partial charge in [0.25, 0.3) is 0 Å². The molecule has 0 saturated heterocycles. The van der Waals surface area contributed by atoms with E-state index in [2.05, 4.69) is 0 Å². The van der Waals surface area contributed by atoms with E-state index in [-0.39, 0.29) is 16.6 Å². The Morgan fingerprint density at radius 1 is 0.733 bits per heavy atom. The molecule has 3 aromatic carbocycles. The zero-order valence-corrected chi connectivity index (χ0v) is 17.3. The zero-order valence-electron chi connectivity index (χ0n) is 15.7. The molecule has 0 bridgehead atoms. The minimum absolute atomic E-state index is 0.0291. The molecule has 0 aliphatic heterocycles. The lowest BCUT2D eigenvalue weighted by molar-refractivity contribution is 0.104. The van der Waals surface area contributed by atoms with Gasteiger partial charge in [-0.25, -0.2) is 0 Å². The van der Waals surface area contributed by atoms with E-state index in [4.69, 9.17) is 0 Å². The van der Waals surface area contributed by atoms with Crippen molar-refractivity contribution in [2.75, 3.05) is 0 Å². The van der Waals surface area contributed by atoms with Crippen molar-refractivity contribution in [1.29, 1.82) is 0 Å². The van der Waals surface area contributed by atoms with Gasteiger partial charge in [0.2, 0.25) is 5.78 Å². The van der Waals surface area contributed by atoms with Gasteiger partial charge in [-0.1, -0.05) is 65.9 Å². The summed E-state index contributed by atoms with van der Waals surface area (Å²) in [5.74, 6) is 0.153. The molecule has 0 unspecified atom stereocenters. The van der Waals surface area contributed by atoms with Crippen LogP contribution < -0.4 is 0 Å². The lowest BCUT2D eigenvalue weighted by atomic mass is 9.97. The number of ketones is 1. The van der Waals surface area contributed by atoms with Gasteiger partial charge in [-0.3, -0.25) is 4.79 Å². The lowest BCUT2D eigenvalue weighted by Crippen LogP contribution is -2.00. The van der Waals surface area contributed by atoms with Gasteiger partial charge >= 0.3 is 0 Å². The van der Waals surface area contributed by atoms with Crippen LogP contribution in [0.15, 0.2) is 84.9 Å². The Hall–Kier alpha value is -3.41. The van der Waals surface area contributed by atoms with E-state index in [0.29, 0.717) is 10.4 Å². The standard InChI is InChI=1S/C25H16O3S2/c26-18-10-11-19-21(14-18)30-25(24(28)17-4-2-1-3-5-17)23(19)16-8-6-15(7-9-16)20-12-13-22(27)29-20/h1-14,26-27H. The van der Waals surface area contributed by atoms with E-state index in [9.17, 15) is 15.0 Å². The number of rotatable bonds is 4. The summed E-state index contributed by atoms with van der Waals surface area (Å²) in [6.45, 7) is 0. The van der Waals surface area contributed by atoms with Crippen LogP contribution >= 0.6 is 22.7 Å². The van der Waals surface area contributed by atoms with Crippen molar-refractivity contribution >= 4 is 38.5 Å². The van der Waals surface area contributed by atoms with Gasteiger partial charge in [0.05, 0.1) is 4.88 Å². The van der Waals surface area contributed by atoms with Gasteiger partial charge in [-0.15, -0.1) is 11.3 Å². The molecule has 5 rings (SSSR count). The zero-order chi connectivity index (χ0) is 20.7. The van der Waals surface area contributed by atoms with Crippen molar-refractivity contribution < 1.29 is 15.0 Å². The van der Waals surface area contributed by atoms with Crippen molar-refractivity contribution in [3.05, 3.63) is 95.4 Å². The Balaban J connectivity index is 1.66. The van der Waals surface area contributed by atoms with Crippen LogP contribution in [0.25, 0.3) is 31.7 Å². The third-order valence-corrected chi connectivity index (χ3v) is 7.05. The molecule has 2 N–H and O–H groups in total. The van der Waals surface area contributed by atoms with Crippen molar-refractivity contribution in [3.63, 3.8) is 0 Å². The van der Waals surface area contributed by atoms with E-state index >= 15 is 0 Å². The highest BCUT2D eigenvalue weighted by atomic mass is 32.1. The first-order valence-corrected chi connectivity index (χ1v) is 11.0. The largest absolute Gasteiger partial charge is 0.508 e. The topological polar surface area (TPSA) is 57.5 Å². The molecular formula is C25H16O3S2. The number of phenols is 1. The SMILES string of the molecule is O=C(c1ccccc1)c1sc2cc(O)ccc2c1-c1ccc(-c2ccc(O)s2)cc1. The summed E-state index contributed by atoms with van der Waals surface area (Å²) in [6.07, 6.45) is 0. The highest BCUT2D eigenvalue weighted by Crippen LogP contribution is 2.42. The highest BCUT2D eigenvalue weighted by Gasteiger charge is 2.21. The average Bonchev–Trinajstić information content (AvgIpc) is 3.37. The first-order valence-electron chi connectivity index (χ1n) is 9.35. The summed E-state index contributed by atoms with van der Waals surface area (Å²) < 4.78 is 0.872. The fraction of sp³-hybridized carbons (Fsp3) is 0. The second kappa shape index (κ2) is 7.44. The van der Waals surface area contributed by atoms with Gasteiger partial charge in [-0.05, 0) is 41.5 Å². The van der Waals surface area contributed by atoms with Crippen molar-refractivity contribution in [2.24, 2.45) is 0 Å². The third-order valence-electron chi connectivity index (χ3n) is 4.97. The maximum absolute atomic E-state index is 13.3. The summed E-state index contributed by atoms with van der Waals surface area (Å²) >= 11 is 2.73. The number of benzene rings is 3. The van der Waals surface area contributed by atoms with E-state index in [1.165, 1.54) is 22.7 Å². The maximum Gasteiger partial charge on any atom is 0.203 e. The van der Waals surface area contributed by atoms with Crippen LogP contribution in [-0.2, 0) is 0 Å². The van der Waals surface area contributed by atoms with Crippen molar-refractivity contribution in [3.8, 4) is 32.4 Å². The summed E-state index contributed by atoms with van der Waals surface area (Å²) in [6, 6.07) is 26.0. The van der Waals surface area contributed by atoms with Gasteiger partial charge in [-0.2, -0.15) is 0 Å². The number of thiophene rings is 2. The van der Waals surface area contributed by atoms with Gasteiger partial charge in [0.15, 0.2) is 5.06 Å². The summed E-state index contributed by atoms with van der Waals surface area (Å²) in [5.41, 5.74) is 3.47. The number of hydrogen-bond acceptors (Lipinski definition) is 5. The van der Waals surface area contributed by atoms with Crippen molar-refractivity contribution in [2.45, 2.75) is 0 Å². The molecule has 2 heterocycles. The van der Waals surface area contributed by atoms with Crippen LogP contribution in [0.3, 0.4) is 0 Å². The van der Waals surface area contributed by atoms with Crippen LogP contribution in [-0.4, -0.2) is 16.0 Å². The molecular weight excluding hydrogens is 412 g/mol. The van der Waals surface area contributed by atoms with E-state index in [1.807, 2.05) is 66.7 Å². The number of aromatic hydroxyl groups is 2.